The summed E-state index contributed by atoms with van der Waals surface area (Å²) in [7, 11) is 0. The molecule has 1 aromatic rings. The minimum Gasteiger partial charge on any atom is -0.466 e. The van der Waals surface area contributed by atoms with Crippen LogP contribution in [0.25, 0.3) is 0 Å². The molecule has 0 bridgehead atoms. The summed E-state index contributed by atoms with van der Waals surface area (Å²) >= 11 is 1.60. The van der Waals surface area contributed by atoms with Crippen LogP contribution in [0.1, 0.15) is 37.2 Å². The Morgan fingerprint density at radius 3 is 3.11 bits per heavy atom. The largest absolute Gasteiger partial charge is 0.466 e. The van der Waals surface area contributed by atoms with Crippen molar-refractivity contribution < 1.29 is 9.21 Å². The molecule has 0 spiro atoms. The Labute approximate surface area is 117 Å². The molecule has 0 unspecified atom stereocenters. The van der Waals surface area contributed by atoms with Crippen LogP contribution < -0.4 is 5.32 Å². The van der Waals surface area contributed by atoms with Crippen LogP contribution in [-0.2, 0) is 11.2 Å². The maximum Gasteiger partial charge on any atom is 0.226 e. The molecule has 1 aliphatic carbocycles. The van der Waals surface area contributed by atoms with Crippen LogP contribution >= 0.6 is 11.8 Å². The van der Waals surface area contributed by atoms with Gasteiger partial charge < -0.3 is 9.73 Å². The predicted molar refractivity (Wildman–Crippen MR) is 76.5 cm³/mol. The second kappa shape index (κ2) is 5.41. The molecular formula is C14H18N2O2S. The fourth-order valence-corrected chi connectivity index (χ4v) is 3.02. The number of rotatable bonds is 4. The standard InChI is InChI=1S/C14H18N2O2S/c1-9-8-11(9)12-4-2-10(18-12)3-5-13(17)16-14-15-6-7-19-14/h2,4,9,11H,3,5-8H2,1H3,(H,15,16,17)/t9-,11+/m1/s1. The molecule has 1 fully saturated rings. The van der Waals surface area contributed by atoms with Crippen molar-refractivity contribution in [2.45, 2.75) is 32.1 Å². The number of nitrogens with zero attached hydrogens (tertiary/aromatic N) is 1. The SMILES string of the molecule is C[C@@H]1C[C@@H]1c1ccc(CCC(=O)NC2=NCCS2)o1. The fourth-order valence-electron chi connectivity index (χ4n) is 2.28. The van der Waals surface area contributed by atoms with Crippen LogP contribution in [-0.4, -0.2) is 23.4 Å². The molecule has 0 aromatic carbocycles. The summed E-state index contributed by atoms with van der Waals surface area (Å²) in [5.74, 6) is 4.33. The summed E-state index contributed by atoms with van der Waals surface area (Å²) in [5, 5.41) is 3.59. The number of amides is 1. The third-order valence-corrected chi connectivity index (χ3v) is 4.48. The number of furan rings is 1. The lowest BCUT2D eigenvalue weighted by molar-refractivity contribution is -0.119. The van der Waals surface area contributed by atoms with Gasteiger partial charge in [0.15, 0.2) is 5.17 Å². The molecule has 1 aliphatic heterocycles. The van der Waals surface area contributed by atoms with Crippen LogP contribution in [0.5, 0.6) is 0 Å². The Balaban J connectivity index is 1.46. The summed E-state index contributed by atoms with van der Waals surface area (Å²) in [6, 6.07) is 4.05. The number of aryl methyl sites for hydroxylation is 1. The lowest BCUT2D eigenvalue weighted by Gasteiger charge is -2.02. The first-order valence-electron chi connectivity index (χ1n) is 6.78. The van der Waals surface area contributed by atoms with E-state index in [2.05, 4.69) is 23.3 Å². The van der Waals surface area contributed by atoms with Crippen LogP contribution in [0.2, 0.25) is 0 Å². The van der Waals surface area contributed by atoms with Crippen LogP contribution in [0.4, 0.5) is 0 Å². The topological polar surface area (TPSA) is 54.6 Å². The zero-order chi connectivity index (χ0) is 13.2. The number of aliphatic imine (C=N–C) groups is 1. The zero-order valence-corrected chi connectivity index (χ0v) is 11.8. The smallest absolute Gasteiger partial charge is 0.226 e. The molecule has 1 N–H and O–H groups in total. The predicted octanol–water partition coefficient (Wildman–Crippen LogP) is 2.55. The maximum atomic E-state index is 11.7. The van der Waals surface area contributed by atoms with Crippen molar-refractivity contribution in [2.75, 3.05) is 12.3 Å². The highest BCUT2D eigenvalue weighted by Crippen LogP contribution is 2.47. The van der Waals surface area contributed by atoms with Gasteiger partial charge in [-0.25, -0.2) is 0 Å². The normalized spacial score (nSPS) is 25.2. The Morgan fingerprint density at radius 1 is 1.58 bits per heavy atom. The van der Waals surface area contributed by atoms with E-state index in [0.717, 1.165) is 34.9 Å². The van der Waals surface area contributed by atoms with Gasteiger partial charge in [-0.2, -0.15) is 0 Å². The van der Waals surface area contributed by atoms with Crippen molar-refractivity contribution in [3.05, 3.63) is 23.7 Å². The van der Waals surface area contributed by atoms with Gasteiger partial charge in [0, 0.05) is 24.5 Å². The van der Waals surface area contributed by atoms with Gasteiger partial charge in [-0.3, -0.25) is 9.79 Å². The molecule has 2 heterocycles. The average Bonchev–Trinajstić information content (AvgIpc) is 2.87. The van der Waals surface area contributed by atoms with Gasteiger partial charge in [-0.15, -0.1) is 0 Å². The molecule has 19 heavy (non-hydrogen) atoms. The summed E-state index contributed by atoms with van der Waals surface area (Å²) in [4.78, 5) is 15.9. The van der Waals surface area contributed by atoms with Crippen LogP contribution in [0.15, 0.2) is 21.5 Å². The number of thioether (sulfide) groups is 1. The highest BCUT2D eigenvalue weighted by molar-refractivity contribution is 8.14. The minimum atomic E-state index is 0.0193. The van der Waals surface area contributed by atoms with Crippen molar-refractivity contribution in [1.82, 2.24) is 5.32 Å². The van der Waals surface area contributed by atoms with Gasteiger partial charge in [-0.05, 0) is 24.5 Å². The highest BCUT2D eigenvalue weighted by Gasteiger charge is 2.36. The van der Waals surface area contributed by atoms with Crippen molar-refractivity contribution in [2.24, 2.45) is 10.9 Å². The minimum absolute atomic E-state index is 0.0193. The van der Waals surface area contributed by atoms with Crippen LogP contribution in [0.3, 0.4) is 0 Å². The lowest BCUT2D eigenvalue weighted by atomic mass is 10.2. The van der Waals surface area contributed by atoms with E-state index in [-0.39, 0.29) is 5.91 Å². The van der Waals surface area contributed by atoms with E-state index in [1.54, 1.807) is 11.8 Å². The molecule has 4 nitrogen and oxygen atoms in total. The van der Waals surface area contributed by atoms with Crippen molar-refractivity contribution in [1.29, 1.82) is 0 Å². The molecule has 1 aromatic heterocycles. The van der Waals surface area contributed by atoms with Gasteiger partial charge in [0.05, 0.1) is 6.54 Å². The average molecular weight is 278 g/mol. The number of hydrogen-bond donors (Lipinski definition) is 1. The third kappa shape index (κ3) is 3.21. The molecule has 2 aliphatic rings. The molecule has 1 amide bonds. The summed E-state index contributed by atoms with van der Waals surface area (Å²) in [5.41, 5.74) is 0. The Bertz CT molecular complexity index is 509. The highest BCUT2D eigenvalue weighted by atomic mass is 32.2. The molecular weight excluding hydrogens is 260 g/mol. The molecule has 0 saturated heterocycles. The first-order chi connectivity index (χ1) is 9.22. The number of nitrogens with one attached hydrogen (secondary N) is 1. The maximum absolute atomic E-state index is 11.7. The van der Waals surface area contributed by atoms with Gasteiger partial charge in [0.1, 0.15) is 11.5 Å². The van der Waals surface area contributed by atoms with Crippen molar-refractivity contribution >= 4 is 22.8 Å². The van der Waals surface area contributed by atoms with Crippen molar-refractivity contribution in [3.63, 3.8) is 0 Å². The molecule has 3 rings (SSSR count). The van der Waals surface area contributed by atoms with Gasteiger partial charge in [-0.1, -0.05) is 18.7 Å². The van der Waals surface area contributed by atoms with E-state index >= 15 is 0 Å². The van der Waals surface area contributed by atoms with E-state index in [1.807, 2.05) is 6.07 Å². The molecule has 5 heteroatoms. The Hall–Kier alpha value is -1.23. The van der Waals surface area contributed by atoms with Gasteiger partial charge in [0.25, 0.3) is 0 Å². The first kappa shape index (κ1) is 12.8. The zero-order valence-electron chi connectivity index (χ0n) is 11.0. The monoisotopic (exact) mass is 278 g/mol. The lowest BCUT2D eigenvalue weighted by Crippen LogP contribution is -2.27. The second-order valence-electron chi connectivity index (χ2n) is 5.21. The number of carbonyl (C=O) groups excluding carboxylic acids is 1. The van der Waals surface area contributed by atoms with E-state index in [9.17, 15) is 4.79 Å². The molecule has 102 valence electrons. The number of amidine groups is 1. The van der Waals surface area contributed by atoms with Gasteiger partial charge in [0.2, 0.25) is 5.91 Å². The Morgan fingerprint density at radius 2 is 2.42 bits per heavy atom. The second-order valence-corrected chi connectivity index (χ2v) is 6.29. The number of carbonyl (C=O) groups is 1. The van der Waals surface area contributed by atoms with Gasteiger partial charge >= 0.3 is 0 Å². The van der Waals surface area contributed by atoms with E-state index in [4.69, 9.17) is 4.42 Å². The van der Waals surface area contributed by atoms with Crippen LogP contribution in [0, 0.1) is 5.92 Å². The van der Waals surface area contributed by atoms with Crippen molar-refractivity contribution in [3.8, 4) is 0 Å². The summed E-state index contributed by atoms with van der Waals surface area (Å²) in [6.07, 6.45) is 2.34. The summed E-state index contributed by atoms with van der Waals surface area (Å²) in [6.45, 7) is 3.04. The van der Waals surface area contributed by atoms with E-state index < -0.39 is 0 Å². The quantitative estimate of drug-likeness (QED) is 0.921. The molecule has 2 atom stereocenters. The van der Waals surface area contributed by atoms with E-state index in [1.165, 1.54) is 6.42 Å². The summed E-state index contributed by atoms with van der Waals surface area (Å²) < 4.78 is 5.78. The fraction of sp³-hybridized carbons (Fsp3) is 0.571. The Kier molecular flexibility index (Phi) is 3.64. The third-order valence-electron chi connectivity index (χ3n) is 3.59. The molecule has 0 radical (unpaired) electrons. The van der Waals surface area contributed by atoms with E-state index in [0.29, 0.717) is 18.8 Å². The first-order valence-corrected chi connectivity index (χ1v) is 7.76. The molecule has 1 saturated carbocycles. The number of hydrogen-bond acceptors (Lipinski definition) is 4.